The lowest BCUT2D eigenvalue weighted by atomic mass is 10.2. The fourth-order valence-corrected chi connectivity index (χ4v) is 4.83. The lowest BCUT2D eigenvalue weighted by Gasteiger charge is -2.29. The van der Waals surface area contributed by atoms with E-state index in [-0.39, 0.29) is 34.3 Å². The van der Waals surface area contributed by atoms with E-state index >= 15 is 0 Å². The molecule has 2 rings (SSSR count). The van der Waals surface area contributed by atoms with E-state index in [9.17, 15) is 28.1 Å². The smallest absolute Gasteiger partial charge is 0.340 e. The first-order chi connectivity index (χ1) is 12.6. The zero-order valence-electron chi connectivity index (χ0n) is 14.8. The molecule has 1 amide bonds. The molecule has 9 nitrogen and oxygen atoms in total. The molecule has 11 heteroatoms. The fraction of sp³-hybridized carbons (Fsp3) is 0.500. The van der Waals surface area contributed by atoms with Crippen LogP contribution in [-0.2, 0) is 19.4 Å². The van der Waals surface area contributed by atoms with Gasteiger partial charge in [0.15, 0.2) is 15.9 Å². The minimum absolute atomic E-state index is 0.0128. The molecule has 0 N–H and O–H groups in total. The number of hydrogen-bond acceptors (Lipinski definition) is 7. The van der Waals surface area contributed by atoms with E-state index in [1.54, 1.807) is 6.92 Å². The molecule has 1 aliphatic rings. The second-order valence-corrected chi connectivity index (χ2v) is 8.79. The standard InChI is InChI=1S/C16H19ClN2O7S/c1-3-18(12-6-7-27(24,25)9-12)15(20)10(2)26-16(21)13-8-11(19(22)23)4-5-14(13)17/h4-5,8,10,12H,3,6-7,9H2,1-2H3/t10-,12+/m1/s1. The van der Waals surface area contributed by atoms with Gasteiger partial charge in [0, 0.05) is 24.7 Å². The molecule has 0 aromatic heterocycles. The number of likely N-dealkylation sites (N-methyl/N-ethyl adjacent to an activating group) is 1. The maximum absolute atomic E-state index is 12.6. The van der Waals surface area contributed by atoms with Crippen LogP contribution < -0.4 is 0 Å². The number of rotatable bonds is 6. The van der Waals surface area contributed by atoms with Crippen LogP contribution >= 0.6 is 11.6 Å². The van der Waals surface area contributed by atoms with E-state index in [0.29, 0.717) is 6.42 Å². The van der Waals surface area contributed by atoms with Gasteiger partial charge in [0.2, 0.25) is 0 Å². The van der Waals surface area contributed by atoms with E-state index < -0.39 is 38.8 Å². The van der Waals surface area contributed by atoms with Crippen molar-refractivity contribution < 1.29 is 27.7 Å². The molecule has 0 spiro atoms. The zero-order chi connectivity index (χ0) is 20.4. The number of carbonyl (C=O) groups is 2. The Bertz CT molecular complexity index is 872. The van der Waals surface area contributed by atoms with E-state index in [2.05, 4.69) is 0 Å². The Labute approximate surface area is 161 Å². The quantitative estimate of drug-likeness (QED) is 0.392. The van der Waals surface area contributed by atoms with Gasteiger partial charge in [-0.2, -0.15) is 0 Å². The molecule has 0 aliphatic carbocycles. The lowest BCUT2D eigenvalue weighted by Crippen LogP contribution is -2.46. The normalized spacial score (nSPS) is 19.3. The van der Waals surface area contributed by atoms with Gasteiger partial charge in [0.25, 0.3) is 11.6 Å². The van der Waals surface area contributed by atoms with Crippen molar-refractivity contribution in [3.63, 3.8) is 0 Å². The SMILES string of the molecule is CCN(C(=O)[C@@H](C)OC(=O)c1cc([N+](=O)[O-])ccc1Cl)[C@H]1CCS(=O)(=O)C1. The van der Waals surface area contributed by atoms with Crippen molar-refractivity contribution in [1.29, 1.82) is 0 Å². The molecule has 1 fully saturated rings. The Morgan fingerprint density at radius 3 is 2.63 bits per heavy atom. The number of ether oxygens (including phenoxy) is 1. The Kier molecular flexibility index (Phi) is 6.42. The molecule has 1 aromatic carbocycles. The maximum atomic E-state index is 12.6. The summed E-state index contributed by atoms with van der Waals surface area (Å²) >= 11 is 5.90. The van der Waals surface area contributed by atoms with Gasteiger partial charge in [-0.15, -0.1) is 0 Å². The summed E-state index contributed by atoms with van der Waals surface area (Å²) in [5.41, 5.74) is -0.561. The largest absolute Gasteiger partial charge is 0.449 e. The molecule has 0 unspecified atom stereocenters. The van der Waals surface area contributed by atoms with Crippen molar-refractivity contribution in [3.8, 4) is 0 Å². The van der Waals surface area contributed by atoms with Crippen molar-refractivity contribution in [3.05, 3.63) is 38.9 Å². The summed E-state index contributed by atoms with van der Waals surface area (Å²) in [6, 6.07) is 2.86. The number of nitro groups is 1. The predicted molar refractivity (Wildman–Crippen MR) is 97.4 cm³/mol. The third-order valence-electron chi connectivity index (χ3n) is 4.29. The van der Waals surface area contributed by atoms with Crippen molar-refractivity contribution in [2.75, 3.05) is 18.1 Å². The van der Waals surface area contributed by atoms with Crippen LogP contribution in [0.25, 0.3) is 0 Å². The molecular formula is C16H19ClN2O7S. The number of nitrogens with zero attached hydrogens (tertiary/aromatic N) is 2. The van der Waals surface area contributed by atoms with Crippen LogP contribution in [0.5, 0.6) is 0 Å². The highest BCUT2D eigenvalue weighted by molar-refractivity contribution is 7.91. The van der Waals surface area contributed by atoms with Crippen molar-refractivity contribution >= 4 is 39.0 Å². The highest BCUT2D eigenvalue weighted by atomic mass is 35.5. The number of benzene rings is 1. The highest BCUT2D eigenvalue weighted by Crippen LogP contribution is 2.24. The number of amides is 1. The predicted octanol–water partition coefficient (Wildman–Crippen LogP) is 1.83. The lowest BCUT2D eigenvalue weighted by molar-refractivity contribution is -0.384. The molecule has 0 bridgehead atoms. The molecular weight excluding hydrogens is 400 g/mol. The summed E-state index contributed by atoms with van der Waals surface area (Å²) in [7, 11) is -3.18. The zero-order valence-corrected chi connectivity index (χ0v) is 16.3. The first-order valence-corrected chi connectivity index (χ1v) is 10.4. The number of halogens is 1. The molecule has 0 radical (unpaired) electrons. The third kappa shape index (κ3) is 4.95. The topological polar surface area (TPSA) is 124 Å². The molecule has 1 aliphatic heterocycles. The Balaban J connectivity index is 2.12. The van der Waals surface area contributed by atoms with Gasteiger partial charge in [0.05, 0.1) is 27.0 Å². The van der Waals surface area contributed by atoms with Crippen LogP contribution in [0.3, 0.4) is 0 Å². The van der Waals surface area contributed by atoms with E-state index in [1.165, 1.54) is 17.9 Å². The van der Waals surface area contributed by atoms with Gasteiger partial charge in [-0.3, -0.25) is 14.9 Å². The second-order valence-electron chi connectivity index (χ2n) is 6.15. The number of hydrogen-bond donors (Lipinski definition) is 0. The average Bonchev–Trinajstić information content (AvgIpc) is 2.95. The van der Waals surface area contributed by atoms with Gasteiger partial charge in [-0.1, -0.05) is 11.6 Å². The first kappa shape index (κ1) is 21.1. The Morgan fingerprint density at radius 2 is 2.11 bits per heavy atom. The number of esters is 1. The van der Waals surface area contributed by atoms with Crippen LogP contribution in [0.2, 0.25) is 5.02 Å². The third-order valence-corrected chi connectivity index (χ3v) is 6.37. The Morgan fingerprint density at radius 1 is 1.44 bits per heavy atom. The highest BCUT2D eigenvalue weighted by Gasteiger charge is 2.36. The van der Waals surface area contributed by atoms with Gasteiger partial charge in [0.1, 0.15) is 0 Å². The molecule has 0 saturated carbocycles. The summed E-state index contributed by atoms with van der Waals surface area (Å²) in [6.45, 7) is 3.32. The molecule has 1 aromatic rings. The number of carbonyl (C=O) groups excluding carboxylic acids is 2. The maximum Gasteiger partial charge on any atom is 0.340 e. The number of non-ortho nitro benzene ring substituents is 1. The summed E-state index contributed by atoms with van der Waals surface area (Å²) < 4.78 is 28.4. The van der Waals surface area contributed by atoms with Crippen LogP contribution in [0, 0.1) is 10.1 Å². The van der Waals surface area contributed by atoms with Crippen LogP contribution in [0.15, 0.2) is 18.2 Å². The summed E-state index contributed by atoms with van der Waals surface area (Å²) in [5.74, 6) is -1.61. The molecule has 148 valence electrons. The molecule has 27 heavy (non-hydrogen) atoms. The van der Waals surface area contributed by atoms with Crippen LogP contribution in [0.1, 0.15) is 30.6 Å². The van der Waals surface area contributed by atoms with Gasteiger partial charge < -0.3 is 9.64 Å². The van der Waals surface area contributed by atoms with Crippen molar-refractivity contribution in [1.82, 2.24) is 4.90 Å². The van der Waals surface area contributed by atoms with Gasteiger partial charge in [-0.05, 0) is 26.3 Å². The van der Waals surface area contributed by atoms with Crippen LogP contribution in [-0.4, -0.2) is 60.3 Å². The molecule has 1 heterocycles. The fourth-order valence-electron chi connectivity index (χ4n) is 2.91. The Hall–Kier alpha value is -2.20. The average molecular weight is 419 g/mol. The van der Waals surface area contributed by atoms with Crippen molar-refractivity contribution in [2.45, 2.75) is 32.4 Å². The van der Waals surface area contributed by atoms with E-state index in [4.69, 9.17) is 16.3 Å². The molecule has 1 saturated heterocycles. The van der Waals surface area contributed by atoms with Crippen LogP contribution in [0.4, 0.5) is 5.69 Å². The van der Waals surface area contributed by atoms with Crippen molar-refractivity contribution in [2.24, 2.45) is 0 Å². The van der Waals surface area contributed by atoms with E-state index in [0.717, 1.165) is 12.1 Å². The number of sulfone groups is 1. The van der Waals surface area contributed by atoms with Gasteiger partial charge >= 0.3 is 5.97 Å². The van der Waals surface area contributed by atoms with Gasteiger partial charge in [-0.25, -0.2) is 13.2 Å². The first-order valence-electron chi connectivity index (χ1n) is 8.21. The number of nitro benzene ring substituents is 1. The monoisotopic (exact) mass is 418 g/mol. The minimum atomic E-state index is -3.18. The summed E-state index contributed by atoms with van der Waals surface area (Å²) in [6.07, 6.45) is -0.865. The summed E-state index contributed by atoms with van der Waals surface area (Å²) in [5, 5.41) is 10.8. The second kappa shape index (κ2) is 8.22. The summed E-state index contributed by atoms with van der Waals surface area (Å²) in [4.78, 5) is 36.4. The van der Waals surface area contributed by atoms with E-state index in [1.807, 2.05) is 0 Å². The minimum Gasteiger partial charge on any atom is -0.449 e. The molecule has 2 atom stereocenters.